The highest BCUT2D eigenvalue weighted by Gasteiger charge is 1.93. The Morgan fingerprint density at radius 3 is 2.53 bits per heavy atom. The van der Waals surface area contributed by atoms with Crippen molar-refractivity contribution in [2.75, 3.05) is 6.61 Å². The van der Waals surface area contributed by atoms with E-state index < -0.39 is 0 Å². The Morgan fingerprint density at radius 2 is 1.87 bits per heavy atom. The molecule has 0 saturated heterocycles. The topological polar surface area (TPSA) is 26.3 Å². The van der Waals surface area contributed by atoms with Crippen LogP contribution in [0.4, 0.5) is 0 Å². The fourth-order valence-electron chi connectivity index (χ4n) is 0.996. The molecule has 0 aromatic heterocycles. The highest BCUT2D eigenvalue weighted by Crippen LogP contribution is 1.95. The zero-order valence-electron chi connectivity index (χ0n) is 9.87. The third kappa shape index (κ3) is 10.9. The third-order valence-electron chi connectivity index (χ3n) is 1.95. The molecule has 0 unspecified atom stereocenters. The fourth-order valence-corrected chi connectivity index (χ4v) is 0.996. The predicted octanol–water partition coefficient (Wildman–Crippen LogP) is 3.63. The maximum Gasteiger partial charge on any atom is 0.330 e. The lowest BCUT2D eigenvalue weighted by atomic mass is 10.2. The molecule has 0 fully saturated rings. The Balaban J connectivity index is 3.49. The first-order valence-corrected chi connectivity index (χ1v) is 5.81. The van der Waals surface area contributed by atoms with E-state index in [9.17, 15) is 4.79 Å². The summed E-state index contributed by atoms with van der Waals surface area (Å²) in [6.45, 7) is 4.76. The van der Waals surface area contributed by atoms with Crippen molar-refractivity contribution in [1.29, 1.82) is 0 Å². The van der Waals surface area contributed by atoms with Gasteiger partial charge in [-0.15, -0.1) is 0 Å². The van der Waals surface area contributed by atoms with Crippen LogP contribution in [0.3, 0.4) is 0 Å². The lowest BCUT2D eigenvalue weighted by Gasteiger charge is -1.97. The number of rotatable bonds is 8. The normalized spacial score (nSPS) is 11.3. The van der Waals surface area contributed by atoms with E-state index in [0.29, 0.717) is 6.61 Å². The molecule has 0 atom stereocenters. The first-order chi connectivity index (χ1) is 7.31. The summed E-state index contributed by atoms with van der Waals surface area (Å²) in [6.07, 6.45) is 12.6. The molecule has 0 aliphatic carbocycles. The number of unbranched alkanes of at least 4 members (excludes halogenated alkanes) is 3. The van der Waals surface area contributed by atoms with Gasteiger partial charge in [-0.2, -0.15) is 0 Å². The van der Waals surface area contributed by atoms with Gasteiger partial charge in [-0.25, -0.2) is 4.79 Å². The summed E-state index contributed by atoms with van der Waals surface area (Å²) in [5.74, 6) is -0.247. The highest BCUT2D eigenvalue weighted by atomic mass is 16.5. The van der Waals surface area contributed by atoms with Gasteiger partial charge in [0.25, 0.3) is 0 Å². The molecule has 0 amide bonds. The van der Waals surface area contributed by atoms with Gasteiger partial charge in [-0.1, -0.05) is 51.3 Å². The zero-order chi connectivity index (χ0) is 11.4. The van der Waals surface area contributed by atoms with Crippen LogP contribution in [0.25, 0.3) is 0 Å². The van der Waals surface area contributed by atoms with Crippen molar-refractivity contribution in [3.05, 3.63) is 24.3 Å². The Kier molecular flexibility index (Phi) is 10.3. The minimum atomic E-state index is -0.247. The summed E-state index contributed by atoms with van der Waals surface area (Å²) in [4.78, 5) is 11.1. The van der Waals surface area contributed by atoms with Gasteiger partial charge >= 0.3 is 5.97 Å². The molecule has 0 bridgehead atoms. The molecule has 0 heterocycles. The molecule has 0 N–H and O–H groups in total. The van der Waals surface area contributed by atoms with Gasteiger partial charge < -0.3 is 4.74 Å². The molecular weight excluding hydrogens is 188 g/mol. The zero-order valence-corrected chi connectivity index (χ0v) is 9.87. The van der Waals surface area contributed by atoms with E-state index in [2.05, 4.69) is 19.9 Å². The fraction of sp³-hybridized carbons (Fsp3) is 0.615. The molecule has 0 aliphatic rings. The van der Waals surface area contributed by atoms with E-state index >= 15 is 0 Å². The van der Waals surface area contributed by atoms with Gasteiger partial charge in [0.2, 0.25) is 0 Å². The number of allylic oxidation sites excluding steroid dienone is 3. The van der Waals surface area contributed by atoms with Gasteiger partial charge in [-0.3, -0.25) is 0 Å². The van der Waals surface area contributed by atoms with Crippen molar-refractivity contribution in [2.45, 2.75) is 46.0 Å². The Morgan fingerprint density at radius 1 is 1.13 bits per heavy atom. The summed E-state index contributed by atoms with van der Waals surface area (Å²) in [5, 5.41) is 0. The second kappa shape index (κ2) is 11.0. The molecule has 0 radical (unpaired) electrons. The van der Waals surface area contributed by atoms with Crippen LogP contribution in [0.2, 0.25) is 0 Å². The van der Waals surface area contributed by atoms with E-state index in [1.54, 1.807) is 6.08 Å². The number of carbonyl (C=O) groups is 1. The van der Waals surface area contributed by atoms with Crippen LogP contribution in [0, 0.1) is 0 Å². The number of ether oxygens (including phenoxy) is 1. The lowest BCUT2D eigenvalue weighted by Crippen LogP contribution is -2.01. The highest BCUT2D eigenvalue weighted by molar-refractivity contribution is 5.82. The third-order valence-corrected chi connectivity index (χ3v) is 1.95. The van der Waals surface area contributed by atoms with Crippen molar-refractivity contribution in [2.24, 2.45) is 0 Å². The SMILES string of the molecule is CCCCC=CC=CC(=O)OCCCC. The molecule has 2 heteroatoms. The van der Waals surface area contributed by atoms with Gasteiger partial charge in [0.15, 0.2) is 0 Å². The average Bonchev–Trinajstić information content (AvgIpc) is 2.23. The summed E-state index contributed by atoms with van der Waals surface area (Å²) < 4.78 is 4.95. The summed E-state index contributed by atoms with van der Waals surface area (Å²) in [7, 11) is 0. The molecule has 0 rings (SSSR count). The largest absolute Gasteiger partial charge is 0.463 e. The smallest absolute Gasteiger partial charge is 0.330 e. The Hall–Kier alpha value is -1.05. The predicted molar refractivity (Wildman–Crippen MR) is 63.7 cm³/mol. The number of esters is 1. The van der Waals surface area contributed by atoms with Crippen LogP contribution >= 0.6 is 0 Å². The van der Waals surface area contributed by atoms with Crippen molar-refractivity contribution < 1.29 is 9.53 Å². The van der Waals surface area contributed by atoms with Gasteiger partial charge in [0.1, 0.15) is 0 Å². The number of hydrogen-bond acceptors (Lipinski definition) is 2. The minimum Gasteiger partial charge on any atom is -0.463 e. The van der Waals surface area contributed by atoms with Crippen molar-refractivity contribution >= 4 is 5.97 Å². The Bertz CT molecular complexity index is 205. The van der Waals surface area contributed by atoms with Crippen LogP contribution in [-0.4, -0.2) is 12.6 Å². The van der Waals surface area contributed by atoms with E-state index in [-0.39, 0.29) is 5.97 Å². The molecule has 0 aromatic carbocycles. The molecule has 2 nitrogen and oxygen atoms in total. The first kappa shape index (κ1) is 13.9. The van der Waals surface area contributed by atoms with Crippen LogP contribution in [-0.2, 0) is 9.53 Å². The van der Waals surface area contributed by atoms with E-state index in [1.807, 2.05) is 6.08 Å². The molecule has 0 saturated carbocycles. The van der Waals surface area contributed by atoms with E-state index in [4.69, 9.17) is 4.74 Å². The van der Waals surface area contributed by atoms with Crippen molar-refractivity contribution in [3.63, 3.8) is 0 Å². The number of carbonyl (C=O) groups excluding carboxylic acids is 1. The molecule has 0 spiro atoms. The maximum absolute atomic E-state index is 11.1. The monoisotopic (exact) mass is 210 g/mol. The average molecular weight is 210 g/mol. The summed E-state index contributed by atoms with van der Waals surface area (Å²) >= 11 is 0. The van der Waals surface area contributed by atoms with Crippen molar-refractivity contribution in [3.8, 4) is 0 Å². The van der Waals surface area contributed by atoms with Gasteiger partial charge in [-0.05, 0) is 12.8 Å². The van der Waals surface area contributed by atoms with Crippen LogP contribution in [0.15, 0.2) is 24.3 Å². The lowest BCUT2D eigenvalue weighted by molar-refractivity contribution is -0.137. The number of hydrogen-bond donors (Lipinski definition) is 0. The summed E-state index contributed by atoms with van der Waals surface area (Å²) in [6, 6.07) is 0. The first-order valence-electron chi connectivity index (χ1n) is 5.81. The maximum atomic E-state index is 11.1. The second-order valence-corrected chi connectivity index (χ2v) is 3.45. The van der Waals surface area contributed by atoms with Gasteiger partial charge in [0.05, 0.1) is 6.61 Å². The van der Waals surface area contributed by atoms with Crippen LogP contribution in [0.5, 0.6) is 0 Å². The molecule has 0 aromatic rings. The molecule has 0 aliphatic heterocycles. The Labute approximate surface area is 93.0 Å². The quantitative estimate of drug-likeness (QED) is 0.265. The minimum absolute atomic E-state index is 0.247. The standard InChI is InChI=1S/C13H22O2/c1-3-5-7-8-9-10-11-13(14)15-12-6-4-2/h8-11H,3-7,12H2,1-2H3. The molecule has 86 valence electrons. The van der Waals surface area contributed by atoms with E-state index in [0.717, 1.165) is 19.3 Å². The second-order valence-electron chi connectivity index (χ2n) is 3.45. The van der Waals surface area contributed by atoms with Crippen LogP contribution in [0.1, 0.15) is 46.0 Å². The van der Waals surface area contributed by atoms with E-state index in [1.165, 1.54) is 18.9 Å². The van der Waals surface area contributed by atoms with Gasteiger partial charge in [0, 0.05) is 6.08 Å². The van der Waals surface area contributed by atoms with Crippen molar-refractivity contribution in [1.82, 2.24) is 0 Å². The molecular formula is C13H22O2. The molecule has 15 heavy (non-hydrogen) atoms. The van der Waals surface area contributed by atoms with Crippen LogP contribution < -0.4 is 0 Å². The summed E-state index contributed by atoms with van der Waals surface area (Å²) in [5.41, 5.74) is 0.